The highest BCUT2D eigenvalue weighted by Gasteiger charge is 2.25. The zero-order valence-electron chi connectivity index (χ0n) is 18.8. The van der Waals surface area contributed by atoms with Crippen molar-refractivity contribution in [2.24, 2.45) is 0 Å². The molecule has 0 spiro atoms. The van der Waals surface area contributed by atoms with Gasteiger partial charge in [0.25, 0.3) is 0 Å². The lowest BCUT2D eigenvalue weighted by Crippen LogP contribution is -2.30. The van der Waals surface area contributed by atoms with Crippen LogP contribution >= 0.6 is 12.4 Å². The molecule has 11 heteroatoms. The van der Waals surface area contributed by atoms with Gasteiger partial charge in [-0.3, -0.25) is 9.78 Å². The summed E-state index contributed by atoms with van der Waals surface area (Å²) in [5.74, 6) is 1.08. The van der Waals surface area contributed by atoms with E-state index in [0.29, 0.717) is 11.8 Å². The van der Waals surface area contributed by atoms with Gasteiger partial charge in [0, 0.05) is 23.7 Å². The molecule has 0 amide bonds. The Kier molecular flexibility index (Phi) is 6.48. The molecule has 1 aliphatic rings. The summed E-state index contributed by atoms with van der Waals surface area (Å²) in [6.45, 7) is 8.40. The van der Waals surface area contributed by atoms with Crippen LogP contribution in [0.3, 0.4) is 0 Å². The normalized spacial score (nSPS) is 14.5. The zero-order chi connectivity index (χ0) is 22.1. The fourth-order valence-corrected chi connectivity index (χ4v) is 4.07. The highest BCUT2D eigenvalue weighted by molar-refractivity contribution is 5.85. The van der Waals surface area contributed by atoms with Gasteiger partial charge < -0.3 is 16.0 Å². The molecule has 5 rings (SSSR count). The van der Waals surface area contributed by atoms with E-state index in [4.69, 9.17) is 10.8 Å². The maximum Gasteiger partial charge on any atom is 0.228 e. The molecule has 4 aromatic rings. The van der Waals surface area contributed by atoms with Crippen LogP contribution in [0.15, 0.2) is 36.7 Å². The summed E-state index contributed by atoms with van der Waals surface area (Å²) in [6, 6.07) is 7.91. The number of fused-ring (bicyclic) bond motifs is 1. The quantitative estimate of drug-likeness (QED) is 0.377. The van der Waals surface area contributed by atoms with Crippen molar-refractivity contribution in [2.45, 2.75) is 38.8 Å². The van der Waals surface area contributed by atoms with Gasteiger partial charge in [0.2, 0.25) is 11.9 Å². The second-order valence-electron chi connectivity index (χ2n) is 8.78. The van der Waals surface area contributed by atoms with Crippen LogP contribution in [-0.4, -0.2) is 59.5 Å². The number of rotatable bonds is 7. The maximum absolute atomic E-state index is 6.00. The van der Waals surface area contributed by atoms with E-state index in [1.165, 1.54) is 25.9 Å². The van der Waals surface area contributed by atoms with Gasteiger partial charge in [-0.15, -0.1) is 12.4 Å². The Balaban J connectivity index is 0.00000259. The minimum atomic E-state index is -0.489. The number of aromatic amines is 1. The first-order valence-electron chi connectivity index (χ1n) is 11.0. The summed E-state index contributed by atoms with van der Waals surface area (Å²) in [6.07, 6.45) is 6.41. The number of nitrogens with zero attached hydrogens (tertiary/aromatic N) is 7. The van der Waals surface area contributed by atoms with E-state index in [1.807, 2.05) is 35.1 Å². The Bertz CT molecular complexity index is 1220. The molecule has 33 heavy (non-hydrogen) atoms. The number of nitrogen functional groups attached to an aromatic ring is 1. The van der Waals surface area contributed by atoms with Crippen molar-refractivity contribution in [3.63, 3.8) is 0 Å². The topological polar surface area (TPSA) is 126 Å². The Labute approximate surface area is 198 Å². The lowest BCUT2D eigenvalue weighted by atomic mass is 10.0. The monoisotopic (exact) mass is 468 g/mol. The lowest BCUT2D eigenvalue weighted by Gasteiger charge is -2.24. The van der Waals surface area contributed by atoms with Crippen LogP contribution in [0.2, 0.25) is 0 Å². The molecule has 10 nitrogen and oxygen atoms in total. The Hall–Kier alpha value is -3.24. The molecule has 0 saturated carbocycles. The maximum atomic E-state index is 6.00. The predicted octanol–water partition coefficient (Wildman–Crippen LogP) is 3.06. The second kappa shape index (κ2) is 9.32. The standard InChI is InChI=1S/C22H28N10.ClH/c1-22(2,18-7-10-32(30-18)12-11-31-8-3-4-9-31)28-21-26-19(25-20(23)27-21)15-5-6-16-14-24-29-17(16)13-15;/h5-7,10,13-14H,3-4,8-9,11-12H2,1-2H3,(H,24,29)(H3,23,25,26,27,28);1H. The number of nitrogens with two attached hydrogens (primary N) is 1. The van der Waals surface area contributed by atoms with E-state index < -0.39 is 5.54 Å². The molecule has 1 aliphatic heterocycles. The van der Waals surface area contributed by atoms with E-state index in [0.717, 1.165) is 35.2 Å². The van der Waals surface area contributed by atoms with E-state index in [2.05, 4.69) is 49.2 Å². The number of hydrogen-bond acceptors (Lipinski definition) is 8. The van der Waals surface area contributed by atoms with Gasteiger partial charge in [-0.1, -0.05) is 12.1 Å². The lowest BCUT2D eigenvalue weighted by molar-refractivity contribution is 0.314. The smallest absolute Gasteiger partial charge is 0.228 e. The van der Waals surface area contributed by atoms with Gasteiger partial charge in [0.1, 0.15) is 0 Å². The summed E-state index contributed by atoms with van der Waals surface area (Å²) in [7, 11) is 0. The number of anilines is 2. The van der Waals surface area contributed by atoms with E-state index >= 15 is 0 Å². The number of nitrogens with one attached hydrogen (secondary N) is 2. The van der Waals surface area contributed by atoms with Crippen LogP contribution < -0.4 is 11.1 Å². The first kappa shape index (κ1) is 22.9. The highest BCUT2D eigenvalue weighted by Crippen LogP contribution is 2.25. The molecule has 0 unspecified atom stereocenters. The van der Waals surface area contributed by atoms with Crippen LogP contribution in [-0.2, 0) is 12.1 Å². The largest absolute Gasteiger partial charge is 0.368 e. The molecule has 0 radical (unpaired) electrons. The number of H-pyrrole nitrogens is 1. The van der Waals surface area contributed by atoms with Crippen molar-refractivity contribution < 1.29 is 0 Å². The van der Waals surface area contributed by atoms with Crippen molar-refractivity contribution in [2.75, 3.05) is 30.7 Å². The Morgan fingerprint density at radius 3 is 2.73 bits per heavy atom. The number of likely N-dealkylation sites (tertiary alicyclic amines) is 1. The number of halogens is 1. The molecule has 0 atom stereocenters. The SMILES string of the molecule is CC(C)(Nc1nc(N)nc(-c2ccc3cn[nH]c3c2)n1)c1ccn(CCN2CCCC2)n1.Cl. The van der Waals surface area contributed by atoms with Crippen LogP contribution in [0, 0.1) is 0 Å². The number of hydrogen-bond donors (Lipinski definition) is 3. The molecule has 1 fully saturated rings. The average Bonchev–Trinajstić information content (AvgIpc) is 3.52. The predicted molar refractivity (Wildman–Crippen MR) is 131 cm³/mol. The van der Waals surface area contributed by atoms with Gasteiger partial charge in [-0.2, -0.15) is 25.1 Å². The van der Waals surface area contributed by atoms with Crippen molar-refractivity contribution in [3.8, 4) is 11.4 Å². The summed E-state index contributed by atoms with van der Waals surface area (Å²) >= 11 is 0. The second-order valence-corrected chi connectivity index (χ2v) is 8.78. The van der Waals surface area contributed by atoms with Crippen LogP contribution in [0.25, 0.3) is 22.3 Å². The van der Waals surface area contributed by atoms with E-state index in [9.17, 15) is 0 Å². The molecule has 174 valence electrons. The summed E-state index contributed by atoms with van der Waals surface area (Å²) in [5.41, 5.74) is 8.18. The summed E-state index contributed by atoms with van der Waals surface area (Å²) < 4.78 is 2.00. The highest BCUT2D eigenvalue weighted by atomic mass is 35.5. The minimum Gasteiger partial charge on any atom is -0.368 e. The van der Waals surface area contributed by atoms with Crippen LogP contribution in [0.1, 0.15) is 32.4 Å². The van der Waals surface area contributed by atoms with Crippen molar-refractivity contribution in [3.05, 3.63) is 42.4 Å². The molecular weight excluding hydrogens is 440 g/mol. The third-order valence-electron chi connectivity index (χ3n) is 5.90. The van der Waals surface area contributed by atoms with Gasteiger partial charge in [-0.25, -0.2) is 0 Å². The Morgan fingerprint density at radius 2 is 1.91 bits per heavy atom. The summed E-state index contributed by atoms with van der Waals surface area (Å²) in [4.78, 5) is 15.7. The molecule has 3 aromatic heterocycles. The molecule has 0 bridgehead atoms. The van der Waals surface area contributed by atoms with Gasteiger partial charge >= 0.3 is 0 Å². The fraction of sp³-hybridized carbons (Fsp3) is 0.409. The van der Waals surface area contributed by atoms with Crippen molar-refractivity contribution >= 4 is 35.2 Å². The molecule has 1 saturated heterocycles. The number of benzene rings is 1. The molecule has 1 aromatic carbocycles. The third kappa shape index (κ3) is 5.07. The summed E-state index contributed by atoms with van der Waals surface area (Å²) in [5, 5.41) is 16.2. The third-order valence-corrected chi connectivity index (χ3v) is 5.90. The fourth-order valence-electron chi connectivity index (χ4n) is 4.07. The van der Waals surface area contributed by atoms with Crippen LogP contribution in [0.4, 0.5) is 11.9 Å². The van der Waals surface area contributed by atoms with Crippen molar-refractivity contribution in [1.82, 2.24) is 39.8 Å². The molecule has 0 aliphatic carbocycles. The molecule has 4 N–H and O–H groups in total. The first-order valence-corrected chi connectivity index (χ1v) is 11.0. The van der Waals surface area contributed by atoms with Gasteiger partial charge in [-0.05, 0) is 51.9 Å². The Morgan fingerprint density at radius 1 is 1.09 bits per heavy atom. The van der Waals surface area contributed by atoms with E-state index in [-0.39, 0.29) is 18.4 Å². The van der Waals surface area contributed by atoms with Gasteiger partial charge in [0.05, 0.1) is 29.5 Å². The van der Waals surface area contributed by atoms with Crippen LogP contribution in [0.5, 0.6) is 0 Å². The first-order chi connectivity index (χ1) is 15.5. The zero-order valence-corrected chi connectivity index (χ0v) is 19.6. The van der Waals surface area contributed by atoms with Crippen molar-refractivity contribution in [1.29, 1.82) is 0 Å². The van der Waals surface area contributed by atoms with E-state index in [1.54, 1.807) is 6.20 Å². The molecular formula is C22H29ClN10. The minimum absolute atomic E-state index is 0. The number of aromatic nitrogens is 7. The molecule has 4 heterocycles. The average molecular weight is 469 g/mol. The van der Waals surface area contributed by atoms with Gasteiger partial charge in [0.15, 0.2) is 5.82 Å².